The molecule has 202 valence electrons. The van der Waals surface area contributed by atoms with Crippen LogP contribution in [0.15, 0.2) is 60.8 Å². The van der Waals surface area contributed by atoms with Crippen molar-refractivity contribution in [3.8, 4) is 40.2 Å². The predicted octanol–water partition coefficient (Wildman–Crippen LogP) is 4.19. The van der Waals surface area contributed by atoms with Crippen LogP contribution < -0.4 is 19.5 Å². The van der Waals surface area contributed by atoms with Crippen molar-refractivity contribution in [3.05, 3.63) is 77.5 Å². The zero-order chi connectivity index (χ0) is 27.8. The number of aromatic nitrogens is 1. The zero-order valence-corrected chi connectivity index (χ0v) is 22.5. The van der Waals surface area contributed by atoms with Crippen LogP contribution in [-0.4, -0.2) is 63.7 Å². The first-order valence-electron chi connectivity index (χ1n) is 12.4. The Bertz CT molecular complexity index is 1490. The average Bonchev–Trinajstić information content (AvgIpc) is 3.38. The van der Waals surface area contributed by atoms with Crippen LogP contribution in [0.25, 0.3) is 22.0 Å². The van der Waals surface area contributed by atoms with Crippen LogP contribution in [0.3, 0.4) is 0 Å². The fraction of sp³-hybridized carbons (Fsp3) is 0.258. The van der Waals surface area contributed by atoms with Gasteiger partial charge in [0.15, 0.2) is 11.5 Å². The van der Waals surface area contributed by atoms with Crippen molar-refractivity contribution in [3.63, 3.8) is 0 Å². The first kappa shape index (κ1) is 27.6. The first-order chi connectivity index (χ1) is 19.0. The molecule has 8 heteroatoms. The number of carbonyl (C=O) groups is 1. The summed E-state index contributed by atoms with van der Waals surface area (Å²) in [6.45, 7) is 0.0119. The highest BCUT2D eigenvalue weighted by molar-refractivity contribution is 5.98. The van der Waals surface area contributed by atoms with Crippen LogP contribution in [0, 0.1) is 11.8 Å². The van der Waals surface area contributed by atoms with Gasteiger partial charge in [-0.15, -0.1) is 0 Å². The molecule has 0 aliphatic rings. The summed E-state index contributed by atoms with van der Waals surface area (Å²) in [5.41, 5.74) is 4.47. The van der Waals surface area contributed by atoms with Gasteiger partial charge in [-0.05, 0) is 53.4 Å². The Hall–Kier alpha value is -4.45. The van der Waals surface area contributed by atoms with Gasteiger partial charge in [0.2, 0.25) is 5.75 Å². The van der Waals surface area contributed by atoms with E-state index in [1.165, 1.54) is 0 Å². The lowest BCUT2D eigenvalue weighted by atomic mass is 9.97. The van der Waals surface area contributed by atoms with E-state index in [9.17, 15) is 9.90 Å². The van der Waals surface area contributed by atoms with Crippen LogP contribution in [-0.2, 0) is 11.2 Å². The van der Waals surface area contributed by atoms with E-state index in [4.69, 9.17) is 18.9 Å². The highest BCUT2D eigenvalue weighted by Gasteiger charge is 2.20. The molecule has 0 radical (unpaired) electrons. The molecule has 4 rings (SSSR count). The second kappa shape index (κ2) is 12.9. The maximum atomic E-state index is 13.6. The van der Waals surface area contributed by atoms with Crippen molar-refractivity contribution in [2.75, 3.05) is 41.7 Å². The largest absolute Gasteiger partial charge is 0.493 e. The van der Waals surface area contributed by atoms with Crippen molar-refractivity contribution >= 4 is 16.8 Å². The monoisotopic (exact) mass is 528 g/mol. The molecule has 39 heavy (non-hydrogen) atoms. The fourth-order valence-electron chi connectivity index (χ4n) is 4.46. The van der Waals surface area contributed by atoms with Gasteiger partial charge in [0, 0.05) is 29.8 Å². The number of aromatic amines is 1. The molecule has 8 nitrogen and oxygen atoms in total. The number of methoxy groups -OCH3 is 4. The quantitative estimate of drug-likeness (QED) is 0.267. The van der Waals surface area contributed by atoms with E-state index >= 15 is 0 Å². The van der Waals surface area contributed by atoms with Crippen LogP contribution in [0.5, 0.6) is 17.2 Å². The predicted molar refractivity (Wildman–Crippen MR) is 151 cm³/mol. The van der Waals surface area contributed by atoms with Crippen molar-refractivity contribution in [2.24, 2.45) is 0 Å². The summed E-state index contributed by atoms with van der Waals surface area (Å²) < 4.78 is 21.5. The normalized spacial score (nSPS) is 11.4. The van der Waals surface area contributed by atoms with Gasteiger partial charge in [0.05, 0.1) is 39.5 Å². The van der Waals surface area contributed by atoms with Gasteiger partial charge in [-0.1, -0.05) is 36.1 Å². The maximum Gasteiger partial charge on any atom is 0.252 e. The average molecular weight is 529 g/mol. The first-order valence-corrected chi connectivity index (χ1v) is 12.4. The Morgan fingerprint density at radius 3 is 2.38 bits per heavy atom. The molecule has 0 fully saturated rings. The third kappa shape index (κ3) is 6.17. The van der Waals surface area contributed by atoms with E-state index in [-0.39, 0.29) is 19.1 Å². The zero-order valence-electron chi connectivity index (χ0n) is 22.5. The number of amides is 1. The SMILES string of the molecule is COCC#Cc1ccc(-c2cc(OC)c(OC)c(OC)c2)cc1C(=O)N[C@@H](CO)Cc1c[nH]c2ccccc12. The smallest absolute Gasteiger partial charge is 0.252 e. The molecule has 0 spiro atoms. The number of hydrogen-bond acceptors (Lipinski definition) is 6. The topological polar surface area (TPSA) is 102 Å². The van der Waals surface area contributed by atoms with Crippen molar-refractivity contribution in [2.45, 2.75) is 12.5 Å². The van der Waals surface area contributed by atoms with Gasteiger partial charge in [-0.3, -0.25) is 4.79 Å². The van der Waals surface area contributed by atoms with Crippen molar-refractivity contribution in [1.29, 1.82) is 0 Å². The van der Waals surface area contributed by atoms with Crippen LogP contribution >= 0.6 is 0 Å². The van der Waals surface area contributed by atoms with Gasteiger partial charge in [0.1, 0.15) is 6.61 Å². The molecule has 4 aromatic rings. The number of aliphatic hydroxyl groups is 1. The molecule has 0 bridgehead atoms. The van der Waals surface area contributed by atoms with Crippen molar-refractivity contribution in [1.82, 2.24) is 10.3 Å². The summed E-state index contributed by atoms with van der Waals surface area (Å²) >= 11 is 0. The van der Waals surface area contributed by atoms with Crippen LogP contribution in [0.2, 0.25) is 0 Å². The number of benzene rings is 3. The lowest BCUT2D eigenvalue weighted by Crippen LogP contribution is -2.39. The number of hydrogen-bond donors (Lipinski definition) is 3. The lowest BCUT2D eigenvalue weighted by Gasteiger charge is -2.18. The number of fused-ring (bicyclic) bond motifs is 1. The number of para-hydroxylation sites is 1. The third-order valence-corrected chi connectivity index (χ3v) is 6.40. The lowest BCUT2D eigenvalue weighted by molar-refractivity contribution is 0.0916. The van der Waals surface area contributed by atoms with Crippen molar-refractivity contribution < 1.29 is 28.8 Å². The van der Waals surface area contributed by atoms with Gasteiger partial charge in [-0.25, -0.2) is 0 Å². The molecule has 0 saturated heterocycles. The summed E-state index contributed by atoms with van der Waals surface area (Å²) in [7, 11) is 6.21. The Morgan fingerprint density at radius 2 is 1.72 bits per heavy atom. The van der Waals surface area contributed by atoms with E-state index in [1.807, 2.05) is 48.7 Å². The number of aliphatic hydroxyl groups excluding tert-OH is 1. The Balaban J connectivity index is 1.69. The highest BCUT2D eigenvalue weighted by Crippen LogP contribution is 2.41. The fourth-order valence-corrected chi connectivity index (χ4v) is 4.46. The standard InChI is InChI=1S/C31H32N2O6/c1-36-13-7-8-20-11-12-21(22-16-28(37-2)30(39-4)29(17-22)38-3)15-26(20)31(35)33-24(19-34)14-23-18-32-27-10-6-5-9-25(23)27/h5-6,9-12,15-18,24,32,34H,13-14,19H2,1-4H3,(H,33,35)/t24-/m1/s1. The molecule has 0 saturated carbocycles. The summed E-state index contributed by atoms with van der Waals surface area (Å²) in [6, 6.07) is 16.5. The molecule has 0 aliphatic carbocycles. The molecular weight excluding hydrogens is 496 g/mol. The molecule has 1 amide bonds. The van der Waals surface area contributed by atoms with Gasteiger partial charge >= 0.3 is 0 Å². The summed E-state index contributed by atoms with van der Waals surface area (Å²) in [5.74, 6) is 7.08. The van der Waals surface area contributed by atoms with E-state index in [0.717, 1.165) is 27.6 Å². The molecule has 1 aromatic heterocycles. The Kier molecular flexibility index (Phi) is 9.10. The Morgan fingerprint density at radius 1 is 0.974 bits per heavy atom. The molecule has 3 aromatic carbocycles. The van der Waals surface area contributed by atoms with Gasteiger partial charge < -0.3 is 34.4 Å². The minimum absolute atomic E-state index is 0.220. The highest BCUT2D eigenvalue weighted by atomic mass is 16.5. The third-order valence-electron chi connectivity index (χ3n) is 6.40. The summed E-state index contributed by atoms with van der Waals surface area (Å²) in [6.07, 6.45) is 2.37. The number of H-pyrrole nitrogens is 1. The second-order valence-electron chi connectivity index (χ2n) is 8.83. The van der Waals surface area contributed by atoms with E-state index < -0.39 is 6.04 Å². The number of carbonyl (C=O) groups excluding carboxylic acids is 1. The molecule has 3 N–H and O–H groups in total. The molecular formula is C31H32N2O6. The molecule has 0 unspecified atom stereocenters. The summed E-state index contributed by atoms with van der Waals surface area (Å²) in [5, 5.41) is 14.2. The second-order valence-corrected chi connectivity index (χ2v) is 8.83. The number of ether oxygens (including phenoxy) is 4. The summed E-state index contributed by atoms with van der Waals surface area (Å²) in [4.78, 5) is 16.8. The maximum absolute atomic E-state index is 13.6. The number of rotatable bonds is 10. The minimum atomic E-state index is -0.499. The van der Waals surface area contributed by atoms with Gasteiger partial charge in [-0.2, -0.15) is 0 Å². The Labute approximate surface area is 227 Å². The van der Waals surface area contributed by atoms with E-state index in [2.05, 4.69) is 22.1 Å². The number of nitrogens with one attached hydrogen (secondary N) is 2. The molecule has 0 aliphatic heterocycles. The van der Waals surface area contributed by atoms with Gasteiger partial charge in [0.25, 0.3) is 5.91 Å². The van der Waals surface area contributed by atoms with E-state index in [1.54, 1.807) is 40.6 Å². The van der Waals surface area contributed by atoms with Crippen LogP contribution in [0.4, 0.5) is 0 Å². The molecule has 1 heterocycles. The van der Waals surface area contributed by atoms with E-state index in [0.29, 0.717) is 34.8 Å². The minimum Gasteiger partial charge on any atom is -0.493 e. The molecule has 1 atom stereocenters. The van der Waals surface area contributed by atoms with Crippen LogP contribution in [0.1, 0.15) is 21.5 Å².